The van der Waals surface area contributed by atoms with E-state index >= 15 is 0 Å². The lowest BCUT2D eigenvalue weighted by molar-refractivity contribution is 0.0945. The molecule has 1 heterocycles. The van der Waals surface area contributed by atoms with Crippen molar-refractivity contribution in [3.8, 4) is 17.6 Å². The van der Waals surface area contributed by atoms with Gasteiger partial charge in [0.1, 0.15) is 17.6 Å². The van der Waals surface area contributed by atoms with Gasteiger partial charge in [0.15, 0.2) is 0 Å². The molecule has 1 saturated heterocycles. The molecule has 0 spiro atoms. The molecule has 0 aromatic heterocycles. The largest absolute Gasteiger partial charge is 0.455 e. The van der Waals surface area contributed by atoms with Crippen LogP contribution < -0.4 is 10.1 Å². The van der Waals surface area contributed by atoms with E-state index in [2.05, 4.69) is 23.2 Å². The van der Waals surface area contributed by atoms with Gasteiger partial charge in [0.2, 0.25) is 0 Å². The van der Waals surface area contributed by atoms with E-state index in [1.54, 1.807) is 36.4 Å². The molecule has 1 aliphatic heterocycles. The van der Waals surface area contributed by atoms with Crippen molar-refractivity contribution < 1.29 is 9.53 Å². The van der Waals surface area contributed by atoms with Crippen molar-refractivity contribution in [2.45, 2.75) is 13.3 Å². The molecule has 0 unspecified atom stereocenters. The van der Waals surface area contributed by atoms with Gasteiger partial charge in [-0.1, -0.05) is 31.2 Å². The molecule has 0 bridgehead atoms. The number of hydrogen-bond donors (Lipinski definition) is 1. The third-order valence-electron chi connectivity index (χ3n) is 4.73. The van der Waals surface area contributed by atoms with E-state index in [0.29, 0.717) is 35.1 Å². The fraction of sp³-hybridized carbons (Fsp3) is 0.333. The molecule has 26 heavy (non-hydrogen) atoms. The lowest BCUT2D eigenvalue weighted by Gasteiger charge is -2.15. The second-order valence-electron chi connectivity index (χ2n) is 6.46. The molecule has 0 saturated carbocycles. The maximum atomic E-state index is 12.6. The quantitative estimate of drug-likeness (QED) is 0.868. The number of rotatable bonds is 6. The van der Waals surface area contributed by atoms with Crippen molar-refractivity contribution in [1.29, 1.82) is 5.26 Å². The number of amides is 1. The molecule has 0 radical (unpaired) electrons. The van der Waals surface area contributed by atoms with Crippen molar-refractivity contribution in [1.82, 2.24) is 10.2 Å². The van der Waals surface area contributed by atoms with Crippen molar-refractivity contribution in [2.75, 3.05) is 26.2 Å². The number of para-hydroxylation sites is 2. The minimum atomic E-state index is -0.148. The molecule has 134 valence electrons. The van der Waals surface area contributed by atoms with Gasteiger partial charge < -0.3 is 15.0 Å². The fourth-order valence-electron chi connectivity index (χ4n) is 3.21. The predicted octanol–water partition coefficient (Wildman–Crippen LogP) is 3.42. The van der Waals surface area contributed by atoms with Crippen LogP contribution in [0.4, 0.5) is 0 Å². The number of nitrogens with one attached hydrogen (secondary N) is 1. The highest BCUT2D eigenvalue weighted by Crippen LogP contribution is 2.27. The van der Waals surface area contributed by atoms with Crippen LogP contribution in [0.1, 0.15) is 29.3 Å². The highest BCUT2D eigenvalue weighted by molar-refractivity contribution is 5.97. The minimum absolute atomic E-state index is 0.148. The van der Waals surface area contributed by atoms with Crippen LogP contribution in [-0.4, -0.2) is 37.0 Å². The first-order valence-corrected chi connectivity index (χ1v) is 8.97. The van der Waals surface area contributed by atoms with Crippen molar-refractivity contribution in [2.24, 2.45) is 5.92 Å². The Morgan fingerprint density at radius 2 is 1.96 bits per heavy atom. The second-order valence-corrected chi connectivity index (χ2v) is 6.46. The van der Waals surface area contributed by atoms with Crippen molar-refractivity contribution in [3.63, 3.8) is 0 Å². The van der Waals surface area contributed by atoms with Crippen LogP contribution in [0.25, 0.3) is 0 Å². The Kier molecular flexibility index (Phi) is 5.88. The van der Waals surface area contributed by atoms with Crippen LogP contribution in [0.15, 0.2) is 48.5 Å². The van der Waals surface area contributed by atoms with Crippen molar-refractivity contribution in [3.05, 3.63) is 59.7 Å². The molecule has 2 aromatic carbocycles. The molecule has 1 fully saturated rings. The van der Waals surface area contributed by atoms with Gasteiger partial charge in [-0.2, -0.15) is 5.26 Å². The summed E-state index contributed by atoms with van der Waals surface area (Å²) in [6, 6.07) is 16.2. The zero-order valence-electron chi connectivity index (χ0n) is 14.9. The average molecular weight is 349 g/mol. The molecule has 2 aromatic rings. The summed E-state index contributed by atoms with van der Waals surface area (Å²) in [6.45, 7) is 6.01. The maximum absolute atomic E-state index is 12.6. The second kappa shape index (κ2) is 8.50. The Labute approximate surface area is 154 Å². The molecule has 5 nitrogen and oxygen atoms in total. The van der Waals surface area contributed by atoms with Gasteiger partial charge in [-0.15, -0.1) is 0 Å². The number of ether oxygens (including phenoxy) is 1. The maximum Gasteiger partial charge on any atom is 0.255 e. The predicted molar refractivity (Wildman–Crippen MR) is 100 cm³/mol. The Morgan fingerprint density at radius 3 is 2.69 bits per heavy atom. The van der Waals surface area contributed by atoms with Gasteiger partial charge in [-0.05, 0) is 49.7 Å². The molecular formula is C21H23N3O2. The zero-order valence-corrected chi connectivity index (χ0v) is 14.9. The highest BCUT2D eigenvalue weighted by Gasteiger charge is 2.22. The van der Waals surface area contributed by atoms with Gasteiger partial charge in [-0.25, -0.2) is 0 Å². The first-order chi connectivity index (χ1) is 12.7. The van der Waals surface area contributed by atoms with E-state index in [-0.39, 0.29) is 5.91 Å². The third-order valence-corrected chi connectivity index (χ3v) is 4.73. The minimum Gasteiger partial charge on any atom is -0.455 e. The van der Waals surface area contributed by atoms with Crippen LogP contribution in [0.5, 0.6) is 11.5 Å². The standard InChI is InChI=1S/C21H23N3O2/c1-2-24-12-11-16(15-24)14-23-21(25)18-8-4-6-10-20(18)26-19-9-5-3-7-17(19)13-22/h3-10,16H,2,11-12,14-15H2,1H3,(H,23,25)/t16-/m0/s1. The zero-order chi connectivity index (χ0) is 18.4. The number of benzene rings is 2. The van der Waals surface area contributed by atoms with Crippen LogP contribution in [0.2, 0.25) is 0 Å². The summed E-state index contributed by atoms with van der Waals surface area (Å²) < 4.78 is 5.87. The number of likely N-dealkylation sites (tertiary alicyclic amines) is 1. The summed E-state index contributed by atoms with van der Waals surface area (Å²) in [6.07, 6.45) is 1.11. The average Bonchev–Trinajstić information content (AvgIpc) is 3.15. The lowest BCUT2D eigenvalue weighted by Crippen LogP contribution is -2.31. The molecule has 1 aliphatic rings. The van der Waals surface area contributed by atoms with E-state index in [4.69, 9.17) is 4.74 Å². The summed E-state index contributed by atoms with van der Waals surface area (Å²) in [7, 11) is 0. The SMILES string of the molecule is CCN1CC[C@@H](CNC(=O)c2ccccc2Oc2ccccc2C#N)C1. The summed E-state index contributed by atoms with van der Waals surface area (Å²) >= 11 is 0. The summed E-state index contributed by atoms with van der Waals surface area (Å²) in [5.74, 6) is 1.25. The Morgan fingerprint density at radius 1 is 1.23 bits per heavy atom. The molecular weight excluding hydrogens is 326 g/mol. The van der Waals surface area contributed by atoms with E-state index in [9.17, 15) is 10.1 Å². The van der Waals surface area contributed by atoms with Gasteiger partial charge in [0.25, 0.3) is 5.91 Å². The molecule has 5 heteroatoms. The highest BCUT2D eigenvalue weighted by atomic mass is 16.5. The monoisotopic (exact) mass is 349 g/mol. The number of carbonyl (C=O) groups is 1. The number of hydrogen-bond acceptors (Lipinski definition) is 4. The number of nitrogens with zero attached hydrogens (tertiary/aromatic N) is 2. The van der Waals surface area contributed by atoms with Crippen LogP contribution in [0, 0.1) is 17.2 Å². The molecule has 3 rings (SSSR count). The molecule has 1 N–H and O–H groups in total. The Bertz CT molecular complexity index is 813. The van der Waals surface area contributed by atoms with Gasteiger partial charge in [-0.3, -0.25) is 4.79 Å². The normalized spacial score (nSPS) is 16.8. The number of nitriles is 1. The molecule has 1 amide bonds. The van der Waals surface area contributed by atoms with E-state index in [0.717, 1.165) is 26.1 Å². The summed E-state index contributed by atoms with van der Waals surface area (Å²) in [4.78, 5) is 15.0. The third kappa shape index (κ3) is 4.22. The van der Waals surface area contributed by atoms with Gasteiger partial charge in [0, 0.05) is 13.1 Å². The van der Waals surface area contributed by atoms with Crippen LogP contribution in [-0.2, 0) is 0 Å². The lowest BCUT2D eigenvalue weighted by atomic mass is 10.1. The summed E-state index contributed by atoms with van der Waals surface area (Å²) in [5, 5.41) is 12.2. The van der Waals surface area contributed by atoms with E-state index in [1.807, 2.05) is 12.1 Å². The van der Waals surface area contributed by atoms with E-state index in [1.165, 1.54) is 0 Å². The Hall–Kier alpha value is -2.84. The van der Waals surface area contributed by atoms with Gasteiger partial charge in [0.05, 0.1) is 11.1 Å². The van der Waals surface area contributed by atoms with Gasteiger partial charge >= 0.3 is 0 Å². The summed E-state index contributed by atoms with van der Waals surface area (Å²) in [5.41, 5.74) is 0.916. The smallest absolute Gasteiger partial charge is 0.255 e. The van der Waals surface area contributed by atoms with Crippen LogP contribution >= 0.6 is 0 Å². The fourth-order valence-corrected chi connectivity index (χ4v) is 3.21. The topological polar surface area (TPSA) is 65.4 Å². The number of carbonyl (C=O) groups excluding carboxylic acids is 1. The molecule has 1 atom stereocenters. The van der Waals surface area contributed by atoms with Crippen LogP contribution in [0.3, 0.4) is 0 Å². The Balaban J connectivity index is 1.69. The first kappa shape index (κ1) is 18.0. The van der Waals surface area contributed by atoms with E-state index < -0.39 is 0 Å². The molecule has 0 aliphatic carbocycles. The first-order valence-electron chi connectivity index (χ1n) is 8.97. The van der Waals surface area contributed by atoms with Crippen molar-refractivity contribution >= 4 is 5.91 Å².